The van der Waals surface area contributed by atoms with Crippen LogP contribution in [0, 0.1) is 5.92 Å². The average molecular weight is 514 g/mol. The van der Waals surface area contributed by atoms with Crippen LogP contribution in [0.3, 0.4) is 0 Å². The molecule has 1 aromatic carbocycles. The summed E-state index contributed by atoms with van der Waals surface area (Å²) in [4.78, 5) is 47.6. The maximum atomic E-state index is 13.0. The fraction of sp³-hybridized carbons (Fsp3) is 0.571. The first-order valence-corrected chi connectivity index (χ1v) is 12.7. The number of benzene rings is 1. The summed E-state index contributed by atoms with van der Waals surface area (Å²) in [6.07, 6.45) is 1.58. The molecule has 1 aliphatic rings. The zero-order chi connectivity index (χ0) is 27.4. The van der Waals surface area contributed by atoms with E-state index in [4.69, 9.17) is 14.2 Å². The van der Waals surface area contributed by atoms with Crippen LogP contribution in [0.5, 0.6) is 5.75 Å². The minimum Gasteiger partial charge on any atom is -0.481 e. The summed E-state index contributed by atoms with van der Waals surface area (Å²) < 4.78 is 16.8. The number of nitrogens with one attached hydrogen (secondary N) is 1. The number of likely N-dealkylation sites (tertiary alicyclic amines) is 1. The number of aromatic amines is 1. The molecule has 2 aromatic rings. The first kappa shape index (κ1) is 28.2. The minimum absolute atomic E-state index is 0.0286. The van der Waals surface area contributed by atoms with E-state index in [-0.39, 0.29) is 36.1 Å². The number of H-pyrrole nitrogens is 1. The monoisotopic (exact) mass is 513 g/mol. The highest BCUT2D eigenvalue weighted by atomic mass is 16.6. The average Bonchev–Trinajstić information content (AvgIpc) is 2.76. The van der Waals surface area contributed by atoms with Crippen molar-refractivity contribution in [3.63, 3.8) is 0 Å². The fourth-order valence-electron chi connectivity index (χ4n) is 4.25. The molecule has 9 heteroatoms. The number of nitrogens with zero attached hydrogens (tertiary/aromatic N) is 2. The predicted molar refractivity (Wildman–Crippen MR) is 140 cm³/mol. The van der Waals surface area contributed by atoms with Crippen LogP contribution in [0.1, 0.15) is 83.2 Å². The van der Waals surface area contributed by atoms with Gasteiger partial charge in [0, 0.05) is 19.0 Å². The molecule has 2 atom stereocenters. The highest BCUT2D eigenvalue weighted by Crippen LogP contribution is 2.27. The van der Waals surface area contributed by atoms with Crippen molar-refractivity contribution in [2.45, 2.75) is 91.6 Å². The number of carbonyl (C=O) groups excluding carboxylic acids is 2. The van der Waals surface area contributed by atoms with Gasteiger partial charge in [-0.05, 0) is 72.8 Å². The molecule has 1 aromatic heterocycles. The molecule has 37 heavy (non-hydrogen) atoms. The standard InChI is InChI=1S/C28H39N3O6/c1-18-15-20(13-14-31(18)26(34)37-28(5,6)7)16-21-29-22(25(33)36-27(2,3)4)23(24(32)30-21)35-17-19-11-9-8-10-12-19/h8-12,18,20H,13-17H2,1-7H3,(H,29,30,32). The third kappa shape index (κ3) is 8.33. The molecule has 0 saturated carbocycles. The lowest BCUT2D eigenvalue weighted by molar-refractivity contribution is 0.00458. The Morgan fingerprint density at radius 1 is 1.05 bits per heavy atom. The van der Waals surface area contributed by atoms with E-state index in [0.717, 1.165) is 18.4 Å². The molecule has 202 valence electrons. The molecule has 9 nitrogen and oxygen atoms in total. The number of carbonyl (C=O) groups is 2. The molecule has 1 aliphatic heterocycles. The van der Waals surface area contributed by atoms with Gasteiger partial charge in [0.15, 0.2) is 5.69 Å². The third-order valence-corrected chi connectivity index (χ3v) is 5.84. The number of ether oxygens (including phenoxy) is 3. The van der Waals surface area contributed by atoms with Gasteiger partial charge in [0.05, 0.1) is 0 Å². The number of aromatic nitrogens is 2. The van der Waals surface area contributed by atoms with Crippen molar-refractivity contribution < 1.29 is 23.8 Å². The topological polar surface area (TPSA) is 111 Å². The molecule has 0 bridgehead atoms. The maximum Gasteiger partial charge on any atom is 0.410 e. The summed E-state index contributed by atoms with van der Waals surface area (Å²) in [5.74, 6) is -0.314. The van der Waals surface area contributed by atoms with Crippen LogP contribution < -0.4 is 10.3 Å². The summed E-state index contributed by atoms with van der Waals surface area (Å²) in [5, 5.41) is 0. The Morgan fingerprint density at radius 2 is 1.70 bits per heavy atom. The fourth-order valence-corrected chi connectivity index (χ4v) is 4.25. The Hall–Kier alpha value is -3.36. The van der Waals surface area contributed by atoms with E-state index in [1.165, 1.54) is 0 Å². The molecule has 1 N–H and O–H groups in total. The Morgan fingerprint density at radius 3 is 2.30 bits per heavy atom. The number of piperidine rings is 1. The first-order valence-electron chi connectivity index (χ1n) is 12.7. The SMILES string of the molecule is CC1CC(Cc2nc(C(=O)OC(C)(C)C)c(OCc3ccccc3)c(=O)[nH]2)CCN1C(=O)OC(C)(C)C. The summed E-state index contributed by atoms with van der Waals surface area (Å²) in [6, 6.07) is 9.33. The molecule has 0 aliphatic carbocycles. The van der Waals surface area contributed by atoms with Crippen molar-refractivity contribution in [2.75, 3.05) is 6.54 Å². The first-order chi connectivity index (χ1) is 17.2. The van der Waals surface area contributed by atoms with Crippen molar-refractivity contribution >= 4 is 12.1 Å². The van der Waals surface area contributed by atoms with E-state index in [9.17, 15) is 14.4 Å². The van der Waals surface area contributed by atoms with Crippen LogP contribution in [0.25, 0.3) is 0 Å². The second-order valence-electron chi connectivity index (χ2n) is 11.6. The summed E-state index contributed by atoms with van der Waals surface area (Å²) in [5.41, 5.74) is -1.13. The van der Waals surface area contributed by atoms with Crippen LogP contribution in [0.2, 0.25) is 0 Å². The molecular formula is C28H39N3O6. The highest BCUT2D eigenvalue weighted by molar-refractivity contribution is 5.90. The van der Waals surface area contributed by atoms with Crippen LogP contribution in [-0.4, -0.2) is 50.7 Å². The smallest absolute Gasteiger partial charge is 0.410 e. The quantitative estimate of drug-likeness (QED) is 0.548. The lowest BCUT2D eigenvalue weighted by atomic mass is 9.89. The summed E-state index contributed by atoms with van der Waals surface area (Å²) >= 11 is 0. The predicted octanol–water partition coefficient (Wildman–Crippen LogP) is 4.88. The van der Waals surface area contributed by atoms with Crippen molar-refractivity contribution in [3.05, 3.63) is 57.8 Å². The Labute approximate surface area is 218 Å². The lowest BCUT2D eigenvalue weighted by Gasteiger charge is -2.38. The Balaban J connectivity index is 1.78. The van der Waals surface area contributed by atoms with Gasteiger partial charge in [0.2, 0.25) is 5.75 Å². The van der Waals surface area contributed by atoms with Crippen LogP contribution in [0.4, 0.5) is 4.79 Å². The molecule has 1 fully saturated rings. The molecule has 2 unspecified atom stereocenters. The largest absolute Gasteiger partial charge is 0.481 e. The molecule has 2 heterocycles. The van der Waals surface area contributed by atoms with Crippen molar-refractivity contribution in [2.24, 2.45) is 5.92 Å². The molecule has 0 radical (unpaired) electrons. The summed E-state index contributed by atoms with van der Waals surface area (Å²) in [7, 11) is 0. The van der Waals surface area contributed by atoms with Gasteiger partial charge in [-0.25, -0.2) is 14.6 Å². The van der Waals surface area contributed by atoms with Gasteiger partial charge in [-0.15, -0.1) is 0 Å². The van der Waals surface area contributed by atoms with E-state index < -0.39 is 22.7 Å². The summed E-state index contributed by atoms with van der Waals surface area (Å²) in [6.45, 7) is 13.4. The Bertz CT molecular complexity index is 1150. The number of amides is 1. The zero-order valence-corrected chi connectivity index (χ0v) is 22.9. The third-order valence-electron chi connectivity index (χ3n) is 5.84. The maximum absolute atomic E-state index is 13.0. The normalized spacial score (nSPS) is 18.3. The molecule has 3 rings (SSSR count). The van der Waals surface area contributed by atoms with Crippen LogP contribution >= 0.6 is 0 Å². The highest BCUT2D eigenvalue weighted by Gasteiger charge is 2.33. The molecule has 1 amide bonds. The van der Waals surface area contributed by atoms with E-state index >= 15 is 0 Å². The van der Waals surface area contributed by atoms with Gasteiger partial charge in [-0.2, -0.15) is 0 Å². The minimum atomic E-state index is -0.762. The molecule has 0 spiro atoms. The lowest BCUT2D eigenvalue weighted by Crippen LogP contribution is -2.47. The van der Waals surface area contributed by atoms with E-state index in [0.29, 0.717) is 18.8 Å². The molecular weight excluding hydrogens is 474 g/mol. The van der Waals surface area contributed by atoms with Crippen molar-refractivity contribution in [3.8, 4) is 5.75 Å². The van der Waals surface area contributed by atoms with Crippen molar-refractivity contribution in [1.82, 2.24) is 14.9 Å². The number of esters is 1. The van der Waals surface area contributed by atoms with Crippen LogP contribution in [-0.2, 0) is 22.5 Å². The van der Waals surface area contributed by atoms with E-state index in [1.807, 2.05) is 58.0 Å². The zero-order valence-electron chi connectivity index (χ0n) is 22.9. The van der Waals surface area contributed by atoms with Crippen LogP contribution in [0.15, 0.2) is 35.1 Å². The van der Waals surface area contributed by atoms with E-state index in [2.05, 4.69) is 9.97 Å². The second-order valence-corrected chi connectivity index (χ2v) is 11.6. The van der Waals surface area contributed by atoms with Gasteiger partial charge >= 0.3 is 12.1 Å². The van der Waals surface area contributed by atoms with Gasteiger partial charge in [-0.1, -0.05) is 30.3 Å². The van der Waals surface area contributed by atoms with Gasteiger partial charge < -0.3 is 24.1 Å². The number of rotatable bonds is 6. The number of hydrogen-bond acceptors (Lipinski definition) is 7. The van der Waals surface area contributed by atoms with Gasteiger partial charge in [-0.3, -0.25) is 4.79 Å². The molecule has 1 saturated heterocycles. The van der Waals surface area contributed by atoms with Crippen molar-refractivity contribution in [1.29, 1.82) is 0 Å². The Kier molecular flexibility index (Phi) is 8.66. The number of hydrogen-bond donors (Lipinski definition) is 1. The van der Waals surface area contributed by atoms with E-state index in [1.54, 1.807) is 25.7 Å². The van der Waals surface area contributed by atoms with Gasteiger partial charge in [0.25, 0.3) is 5.56 Å². The van der Waals surface area contributed by atoms with Gasteiger partial charge in [0.1, 0.15) is 23.6 Å². The second kappa shape index (κ2) is 11.4.